The Hall–Kier alpha value is -2.91. The van der Waals surface area contributed by atoms with Crippen LogP contribution in [0.25, 0.3) is 0 Å². The van der Waals surface area contributed by atoms with Gasteiger partial charge >= 0.3 is 0 Å². The average Bonchev–Trinajstić information content (AvgIpc) is 2.68. The molecule has 0 heterocycles. The molecule has 9 heteroatoms. The van der Waals surface area contributed by atoms with Crippen LogP contribution in [0.3, 0.4) is 0 Å². The molecule has 30 heavy (non-hydrogen) atoms. The van der Waals surface area contributed by atoms with E-state index in [1.54, 1.807) is 50.2 Å². The van der Waals surface area contributed by atoms with Gasteiger partial charge in [0.05, 0.1) is 24.5 Å². The molecular formula is C21H27N3O5S. The number of likely N-dealkylation sites (N-methyl/N-ethyl adjacent to an activating group) is 1. The summed E-state index contributed by atoms with van der Waals surface area (Å²) in [7, 11) is -3.85. The third kappa shape index (κ3) is 6.04. The van der Waals surface area contributed by atoms with E-state index in [4.69, 9.17) is 10.5 Å². The average molecular weight is 434 g/mol. The van der Waals surface area contributed by atoms with E-state index in [-0.39, 0.29) is 24.4 Å². The van der Waals surface area contributed by atoms with Crippen molar-refractivity contribution in [1.82, 2.24) is 4.31 Å². The number of aryl methyl sites for hydroxylation is 1. The molecule has 0 aromatic heterocycles. The summed E-state index contributed by atoms with van der Waals surface area (Å²) in [5.41, 5.74) is 7.08. The molecule has 0 spiro atoms. The minimum atomic E-state index is -3.85. The number of hydrogen-bond acceptors (Lipinski definition) is 5. The van der Waals surface area contributed by atoms with Gasteiger partial charge in [0.1, 0.15) is 5.75 Å². The number of anilines is 1. The van der Waals surface area contributed by atoms with E-state index in [1.807, 2.05) is 6.92 Å². The number of nitrogens with two attached hydrogens (primary N) is 1. The van der Waals surface area contributed by atoms with Crippen molar-refractivity contribution in [3.05, 3.63) is 53.6 Å². The van der Waals surface area contributed by atoms with Crippen molar-refractivity contribution in [1.29, 1.82) is 0 Å². The third-order valence-corrected chi connectivity index (χ3v) is 6.29. The van der Waals surface area contributed by atoms with Crippen molar-refractivity contribution in [2.45, 2.75) is 32.1 Å². The first kappa shape index (κ1) is 23.4. The maximum atomic E-state index is 13.0. The lowest BCUT2D eigenvalue weighted by Gasteiger charge is -2.21. The maximum absolute atomic E-state index is 13.0. The largest absolute Gasteiger partial charge is 0.494 e. The Morgan fingerprint density at radius 2 is 1.77 bits per heavy atom. The topological polar surface area (TPSA) is 119 Å². The molecule has 0 aliphatic rings. The van der Waals surface area contributed by atoms with Gasteiger partial charge in [-0.15, -0.1) is 0 Å². The Bertz CT molecular complexity index is 1000. The van der Waals surface area contributed by atoms with E-state index < -0.39 is 21.8 Å². The molecule has 2 aromatic carbocycles. The molecule has 0 unspecified atom stereocenters. The van der Waals surface area contributed by atoms with Crippen LogP contribution in [0, 0.1) is 6.92 Å². The van der Waals surface area contributed by atoms with E-state index in [0.29, 0.717) is 23.6 Å². The van der Waals surface area contributed by atoms with Crippen LogP contribution in [0.2, 0.25) is 0 Å². The van der Waals surface area contributed by atoms with Crippen molar-refractivity contribution in [3.63, 3.8) is 0 Å². The highest BCUT2D eigenvalue weighted by Gasteiger charge is 2.26. The Balaban J connectivity index is 2.10. The Morgan fingerprint density at radius 1 is 1.10 bits per heavy atom. The predicted octanol–water partition coefficient (Wildman–Crippen LogP) is 2.07. The van der Waals surface area contributed by atoms with Crippen molar-refractivity contribution < 1.29 is 22.7 Å². The standard InChI is InChI=1S/C21H27N3O5S/c1-4-24(30(27,28)18-10-11-19(29-5-2)15(3)12-18)14-21(26)23-17-8-6-16(7-9-17)13-20(22)25/h6-12H,4-5,13-14H2,1-3H3,(H2,22,25)(H,23,26). The van der Waals surface area contributed by atoms with Crippen molar-refractivity contribution in [3.8, 4) is 5.75 Å². The fourth-order valence-corrected chi connectivity index (χ4v) is 4.37. The Kier molecular flexibility index (Phi) is 7.96. The smallest absolute Gasteiger partial charge is 0.243 e. The molecule has 2 amide bonds. The molecule has 0 fully saturated rings. The number of rotatable bonds is 10. The number of amides is 2. The zero-order chi connectivity index (χ0) is 22.3. The summed E-state index contributed by atoms with van der Waals surface area (Å²) in [5, 5.41) is 2.67. The SMILES string of the molecule is CCOc1ccc(S(=O)(=O)N(CC)CC(=O)Nc2ccc(CC(N)=O)cc2)cc1C. The number of nitrogens with zero attached hydrogens (tertiary/aromatic N) is 1. The quantitative estimate of drug-likeness (QED) is 0.595. The van der Waals surface area contributed by atoms with E-state index in [0.717, 1.165) is 9.87 Å². The highest BCUT2D eigenvalue weighted by atomic mass is 32.2. The van der Waals surface area contributed by atoms with E-state index >= 15 is 0 Å². The van der Waals surface area contributed by atoms with Crippen LogP contribution in [-0.4, -0.2) is 44.2 Å². The first-order valence-corrected chi connectivity index (χ1v) is 11.0. The van der Waals surface area contributed by atoms with Gasteiger partial charge in [0.2, 0.25) is 21.8 Å². The maximum Gasteiger partial charge on any atom is 0.243 e. The summed E-state index contributed by atoms with van der Waals surface area (Å²) in [5.74, 6) is -0.289. The number of primary amides is 1. The van der Waals surface area contributed by atoms with Crippen LogP contribution >= 0.6 is 0 Å². The van der Waals surface area contributed by atoms with Crippen LogP contribution in [-0.2, 0) is 26.0 Å². The summed E-state index contributed by atoms with van der Waals surface area (Å²) in [6, 6.07) is 11.3. The fourth-order valence-electron chi connectivity index (χ4n) is 2.88. The number of sulfonamides is 1. The highest BCUT2D eigenvalue weighted by molar-refractivity contribution is 7.89. The van der Waals surface area contributed by atoms with Gasteiger partial charge in [-0.05, 0) is 55.3 Å². The Labute approximate surface area is 177 Å². The van der Waals surface area contributed by atoms with Gasteiger partial charge in [-0.3, -0.25) is 9.59 Å². The lowest BCUT2D eigenvalue weighted by Crippen LogP contribution is -2.37. The molecule has 0 saturated heterocycles. The number of carbonyl (C=O) groups excluding carboxylic acids is 2. The minimum Gasteiger partial charge on any atom is -0.494 e. The third-order valence-electron chi connectivity index (χ3n) is 4.37. The lowest BCUT2D eigenvalue weighted by atomic mass is 10.1. The molecule has 0 saturated carbocycles. The number of ether oxygens (including phenoxy) is 1. The van der Waals surface area contributed by atoms with Crippen LogP contribution in [0.4, 0.5) is 5.69 Å². The molecule has 2 aromatic rings. The number of hydrogen-bond donors (Lipinski definition) is 2. The van der Waals surface area contributed by atoms with Gasteiger partial charge in [-0.2, -0.15) is 4.31 Å². The molecule has 0 aliphatic carbocycles. The summed E-state index contributed by atoms with van der Waals surface area (Å²) < 4.78 is 32.5. The van der Waals surface area contributed by atoms with Gasteiger partial charge in [0.15, 0.2) is 0 Å². The molecular weight excluding hydrogens is 406 g/mol. The fraction of sp³-hybridized carbons (Fsp3) is 0.333. The van der Waals surface area contributed by atoms with Gasteiger partial charge in [0, 0.05) is 12.2 Å². The molecule has 0 atom stereocenters. The minimum absolute atomic E-state index is 0.105. The zero-order valence-electron chi connectivity index (χ0n) is 17.3. The van der Waals surface area contributed by atoms with Crippen LogP contribution < -0.4 is 15.8 Å². The second kappa shape index (κ2) is 10.2. The van der Waals surface area contributed by atoms with E-state index in [2.05, 4.69) is 5.32 Å². The first-order chi connectivity index (χ1) is 14.2. The predicted molar refractivity (Wildman–Crippen MR) is 115 cm³/mol. The number of carbonyl (C=O) groups is 2. The number of nitrogens with one attached hydrogen (secondary N) is 1. The molecule has 0 bridgehead atoms. The van der Waals surface area contributed by atoms with Crippen molar-refractivity contribution in [2.75, 3.05) is 25.0 Å². The molecule has 0 radical (unpaired) electrons. The molecule has 3 N–H and O–H groups in total. The van der Waals surface area contributed by atoms with Crippen LogP contribution in [0.15, 0.2) is 47.4 Å². The second-order valence-corrected chi connectivity index (χ2v) is 8.62. The summed E-state index contributed by atoms with van der Waals surface area (Å²) >= 11 is 0. The Morgan fingerprint density at radius 3 is 2.30 bits per heavy atom. The summed E-state index contributed by atoms with van der Waals surface area (Å²) in [4.78, 5) is 23.5. The van der Waals surface area contributed by atoms with Gasteiger partial charge in [-0.25, -0.2) is 8.42 Å². The first-order valence-electron chi connectivity index (χ1n) is 9.58. The zero-order valence-corrected chi connectivity index (χ0v) is 18.2. The van der Waals surface area contributed by atoms with E-state index in [9.17, 15) is 18.0 Å². The highest BCUT2D eigenvalue weighted by Crippen LogP contribution is 2.24. The number of benzene rings is 2. The molecule has 0 aliphatic heterocycles. The molecule has 162 valence electrons. The molecule has 8 nitrogen and oxygen atoms in total. The van der Waals surface area contributed by atoms with Crippen LogP contribution in [0.1, 0.15) is 25.0 Å². The van der Waals surface area contributed by atoms with Gasteiger partial charge in [-0.1, -0.05) is 19.1 Å². The van der Waals surface area contributed by atoms with Gasteiger partial charge < -0.3 is 15.8 Å². The lowest BCUT2D eigenvalue weighted by molar-refractivity contribution is -0.117. The van der Waals surface area contributed by atoms with Crippen molar-refractivity contribution in [2.24, 2.45) is 5.73 Å². The second-order valence-electron chi connectivity index (χ2n) is 6.68. The van der Waals surface area contributed by atoms with E-state index in [1.165, 1.54) is 6.07 Å². The summed E-state index contributed by atoms with van der Waals surface area (Å²) in [6.45, 7) is 5.60. The van der Waals surface area contributed by atoms with Crippen LogP contribution in [0.5, 0.6) is 5.75 Å². The monoisotopic (exact) mass is 433 g/mol. The van der Waals surface area contributed by atoms with Crippen molar-refractivity contribution >= 4 is 27.5 Å². The summed E-state index contributed by atoms with van der Waals surface area (Å²) in [6.07, 6.45) is 0.109. The normalized spacial score (nSPS) is 11.3. The molecule has 2 rings (SSSR count). The van der Waals surface area contributed by atoms with Gasteiger partial charge in [0.25, 0.3) is 0 Å².